The van der Waals surface area contributed by atoms with Gasteiger partial charge < -0.3 is 14.6 Å². The average Bonchev–Trinajstić information content (AvgIpc) is 2.59. The first-order valence-electron chi connectivity index (χ1n) is 5.84. The van der Waals surface area contributed by atoms with E-state index in [-0.39, 0.29) is 18.6 Å². The SMILES string of the molecule is CCO[C@H]1CN(CCC(=O)O)C[C@H]1OCC. The molecule has 0 aromatic carbocycles. The lowest BCUT2D eigenvalue weighted by Crippen LogP contribution is -2.29. The Morgan fingerprint density at radius 3 is 2.12 bits per heavy atom. The molecule has 1 aliphatic rings. The second-order valence-electron chi connectivity index (χ2n) is 3.89. The molecule has 0 bridgehead atoms. The number of hydrogen-bond donors (Lipinski definition) is 1. The third kappa shape index (κ3) is 4.08. The first-order valence-corrected chi connectivity index (χ1v) is 5.84. The van der Waals surface area contributed by atoms with E-state index in [0.717, 1.165) is 13.1 Å². The zero-order chi connectivity index (χ0) is 12.0. The van der Waals surface area contributed by atoms with E-state index in [9.17, 15) is 4.79 Å². The summed E-state index contributed by atoms with van der Waals surface area (Å²) in [5, 5.41) is 8.62. The molecule has 16 heavy (non-hydrogen) atoms. The molecule has 1 heterocycles. The molecule has 0 radical (unpaired) electrons. The summed E-state index contributed by atoms with van der Waals surface area (Å²) in [5.74, 6) is -0.757. The van der Waals surface area contributed by atoms with Crippen molar-refractivity contribution >= 4 is 5.97 Å². The second kappa shape index (κ2) is 6.83. The number of ether oxygens (including phenoxy) is 2. The Kier molecular flexibility index (Phi) is 5.73. The van der Waals surface area contributed by atoms with E-state index in [1.165, 1.54) is 0 Å². The van der Waals surface area contributed by atoms with Gasteiger partial charge in [-0.05, 0) is 13.8 Å². The molecule has 1 rings (SSSR count). The Labute approximate surface area is 96.3 Å². The number of carboxylic acids is 1. The van der Waals surface area contributed by atoms with Crippen molar-refractivity contribution in [2.24, 2.45) is 0 Å². The predicted octanol–water partition coefficient (Wildman–Crippen LogP) is 0.587. The summed E-state index contributed by atoms with van der Waals surface area (Å²) < 4.78 is 11.2. The van der Waals surface area contributed by atoms with Crippen molar-refractivity contribution in [3.05, 3.63) is 0 Å². The predicted molar refractivity (Wildman–Crippen MR) is 59.5 cm³/mol. The van der Waals surface area contributed by atoms with Crippen molar-refractivity contribution in [2.45, 2.75) is 32.5 Å². The van der Waals surface area contributed by atoms with Crippen LogP contribution >= 0.6 is 0 Å². The van der Waals surface area contributed by atoms with Crippen LogP contribution in [0.4, 0.5) is 0 Å². The van der Waals surface area contributed by atoms with Crippen LogP contribution in [0.15, 0.2) is 0 Å². The van der Waals surface area contributed by atoms with Gasteiger partial charge in [0.2, 0.25) is 0 Å². The quantitative estimate of drug-likeness (QED) is 0.695. The van der Waals surface area contributed by atoms with Gasteiger partial charge in [-0.1, -0.05) is 0 Å². The van der Waals surface area contributed by atoms with Gasteiger partial charge in [0, 0.05) is 32.8 Å². The molecule has 1 saturated heterocycles. The number of aliphatic carboxylic acids is 1. The molecule has 94 valence electrons. The van der Waals surface area contributed by atoms with Crippen molar-refractivity contribution in [1.29, 1.82) is 0 Å². The first-order chi connectivity index (χ1) is 7.67. The number of carboxylic acid groups (broad SMARTS) is 1. The summed E-state index contributed by atoms with van der Waals surface area (Å²) in [5.41, 5.74) is 0. The lowest BCUT2D eigenvalue weighted by Gasteiger charge is -2.17. The lowest BCUT2D eigenvalue weighted by molar-refractivity contribution is -0.137. The summed E-state index contributed by atoms with van der Waals surface area (Å²) in [6.07, 6.45) is 0.343. The van der Waals surface area contributed by atoms with Gasteiger partial charge in [-0.3, -0.25) is 9.69 Å². The van der Waals surface area contributed by atoms with Crippen LogP contribution in [-0.4, -0.2) is 61.0 Å². The number of hydrogen-bond acceptors (Lipinski definition) is 4. The standard InChI is InChI=1S/C11H21NO4/c1-3-15-9-7-12(6-5-11(13)14)8-10(9)16-4-2/h9-10H,3-8H2,1-2H3,(H,13,14)/t9-,10+. The number of nitrogens with zero attached hydrogens (tertiary/aromatic N) is 1. The highest BCUT2D eigenvalue weighted by Crippen LogP contribution is 2.17. The van der Waals surface area contributed by atoms with Gasteiger partial charge in [0.05, 0.1) is 18.6 Å². The van der Waals surface area contributed by atoms with E-state index in [4.69, 9.17) is 14.6 Å². The van der Waals surface area contributed by atoms with Crippen LogP contribution in [0.25, 0.3) is 0 Å². The third-order valence-corrected chi connectivity index (χ3v) is 2.69. The number of rotatable bonds is 7. The molecule has 1 N–H and O–H groups in total. The van der Waals surface area contributed by atoms with Crippen molar-refractivity contribution in [3.8, 4) is 0 Å². The van der Waals surface area contributed by atoms with Crippen LogP contribution in [0.2, 0.25) is 0 Å². The Hall–Kier alpha value is -0.650. The van der Waals surface area contributed by atoms with Crippen LogP contribution < -0.4 is 0 Å². The average molecular weight is 231 g/mol. The minimum atomic E-state index is -0.757. The molecule has 0 aliphatic carbocycles. The third-order valence-electron chi connectivity index (χ3n) is 2.69. The maximum Gasteiger partial charge on any atom is 0.304 e. The van der Waals surface area contributed by atoms with Crippen LogP contribution in [0.3, 0.4) is 0 Å². The molecule has 5 heteroatoms. The van der Waals surface area contributed by atoms with Gasteiger partial charge in [0.15, 0.2) is 0 Å². The molecule has 5 nitrogen and oxygen atoms in total. The topological polar surface area (TPSA) is 59.0 Å². The van der Waals surface area contributed by atoms with Crippen LogP contribution in [0, 0.1) is 0 Å². The molecule has 2 atom stereocenters. The lowest BCUT2D eigenvalue weighted by atomic mass is 10.2. The fourth-order valence-corrected chi connectivity index (χ4v) is 2.00. The van der Waals surface area contributed by atoms with E-state index < -0.39 is 5.97 Å². The molecule has 0 spiro atoms. The van der Waals surface area contributed by atoms with E-state index in [1.807, 2.05) is 13.8 Å². The summed E-state index contributed by atoms with van der Waals surface area (Å²) in [7, 11) is 0. The minimum absolute atomic E-state index is 0.0822. The first kappa shape index (κ1) is 13.4. The Bertz CT molecular complexity index is 208. The molecule has 1 aliphatic heterocycles. The molecule has 1 fully saturated rings. The van der Waals surface area contributed by atoms with E-state index >= 15 is 0 Å². The molecular weight excluding hydrogens is 210 g/mol. The van der Waals surface area contributed by atoms with E-state index in [0.29, 0.717) is 19.8 Å². The molecule has 0 saturated carbocycles. The Morgan fingerprint density at radius 2 is 1.75 bits per heavy atom. The summed E-state index contributed by atoms with van der Waals surface area (Å²) in [6, 6.07) is 0. The van der Waals surface area contributed by atoms with Crippen LogP contribution in [0.5, 0.6) is 0 Å². The van der Waals surface area contributed by atoms with Gasteiger partial charge in [-0.15, -0.1) is 0 Å². The number of carbonyl (C=O) groups is 1. The van der Waals surface area contributed by atoms with E-state index in [1.54, 1.807) is 0 Å². The zero-order valence-electron chi connectivity index (χ0n) is 10.0. The summed E-state index contributed by atoms with van der Waals surface area (Å²) in [6.45, 7) is 7.37. The highest BCUT2D eigenvalue weighted by Gasteiger charge is 2.33. The van der Waals surface area contributed by atoms with Gasteiger partial charge in [-0.2, -0.15) is 0 Å². The number of likely N-dealkylation sites (tertiary alicyclic amines) is 1. The van der Waals surface area contributed by atoms with Crippen LogP contribution in [0.1, 0.15) is 20.3 Å². The zero-order valence-corrected chi connectivity index (χ0v) is 10.0. The highest BCUT2D eigenvalue weighted by molar-refractivity contribution is 5.66. The molecular formula is C11H21NO4. The van der Waals surface area contributed by atoms with Crippen molar-refractivity contribution in [2.75, 3.05) is 32.8 Å². The van der Waals surface area contributed by atoms with Gasteiger partial charge in [0.25, 0.3) is 0 Å². The summed E-state index contributed by atoms with van der Waals surface area (Å²) >= 11 is 0. The maximum atomic E-state index is 10.5. The second-order valence-corrected chi connectivity index (χ2v) is 3.89. The smallest absolute Gasteiger partial charge is 0.304 e. The minimum Gasteiger partial charge on any atom is -0.481 e. The molecule has 0 aromatic rings. The van der Waals surface area contributed by atoms with E-state index in [2.05, 4.69) is 4.90 Å². The fourth-order valence-electron chi connectivity index (χ4n) is 2.00. The van der Waals surface area contributed by atoms with Crippen molar-refractivity contribution in [1.82, 2.24) is 4.90 Å². The van der Waals surface area contributed by atoms with Gasteiger partial charge in [0.1, 0.15) is 0 Å². The molecule has 0 amide bonds. The van der Waals surface area contributed by atoms with Gasteiger partial charge in [-0.25, -0.2) is 0 Å². The maximum absolute atomic E-state index is 10.5. The Morgan fingerprint density at radius 1 is 1.25 bits per heavy atom. The normalized spacial score (nSPS) is 26.1. The van der Waals surface area contributed by atoms with Crippen molar-refractivity contribution in [3.63, 3.8) is 0 Å². The molecule has 0 aromatic heterocycles. The molecule has 0 unspecified atom stereocenters. The fraction of sp³-hybridized carbons (Fsp3) is 0.909. The Balaban J connectivity index is 2.38. The summed E-state index contributed by atoms with van der Waals surface area (Å²) in [4.78, 5) is 12.6. The largest absolute Gasteiger partial charge is 0.481 e. The van der Waals surface area contributed by atoms with Crippen molar-refractivity contribution < 1.29 is 19.4 Å². The van der Waals surface area contributed by atoms with Crippen LogP contribution in [-0.2, 0) is 14.3 Å². The monoisotopic (exact) mass is 231 g/mol. The van der Waals surface area contributed by atoms with Gasteiger partial charge >= 0.3 is 5.97 Å². The highest BCUT2D eigenvalue weighted by atomic mass is 16.5.